The molecule has 1 fully saturated rings. The standard InChI is InChI=1S/C17H19N3O4S2/c1-10(21)20(11-4-5-11)16-18-19-17(26-16)25-9-14(22)13-7-6-12(23-2)8-15(13)24-3/h6-8,11H,4-5,9H2,1-3H3. The molecule has 0 saturated heterocycles. The second kappa shape index (κ2) is 8.05. The summed E-state index contributed by atoms with van der Waals surface area (Å²) in [4.78, 5) is 26.0. The van der Waals surface area contributed by atoms with Crippen LogP contribution in [0.3, 0.4) is 0 Å². The largest absolute Gasteiger partial charge is 0.497 e. The number of amides is 1. The molecule has 0 atom stereocenters. The molecule has 1 aliphatic carbocycles. The smallest absolute Gasteiger partial charge is 0.225 e. The predicted octanol–water partition coefficient (Wildman–Crippen LogP) is 3.05. The Morgan fingerprint density at radius 3 is 2.65 bits per heavy atom. The topological polar surface area (TPSA) is 81.6 Å². The zero-order valence-corrected chi connectivity index (χ0v) is 16.4. The van der Waals surface area contributed by atoms with E-state index in [1.807, 2.05) is 0 Å². The molecular weight excluding hydrogens is 374 g/mol. The highest BCUT2D eigenvalue weighted by Gasteiger charge is 2.34. The average Bonchev–Trinajstić information content (AvgIpc) is 3.36. The summed E-state index contributed by atoms with van der Waals surface area (Å²) in [6.07, 6.45) is 1.99. The molecule has 1 saturated carbocycles. The Hall–Kier alpha value is -2.13. The summed E-state index contributed by atoms with van der Waals surface area (Å²) in [5.74, 6) is 1.21. The van der Waals surface area contributed by atoms with Crippen molar-refractivity contribution in [1.29, 1.82) is 0 Å². The monoisotopic (exact) mass is 393 g/mol. The van der Waals surface area contributed by atoms with Gasteiger partial charge in [0.2, 0.25) is 11.0 Å². The fourth-order valence-corrected chi connectivity index (χ4v) is 4.31. The Balaban J connectivity index is 1.66. The van der Waals surface area contributed by atoms with Gasteiger partial charge in [-0.05, 0) is 25.0 Å². The van der Waals surface area contributed by atoms with Crippen LogP contribution < -0.4 is 14.4 Å². The van der Waals surface area contributed by atoms with E-state index in [-0.39, 0.29) is 23.5 Å². The normalized spacial score (nSPS) is 13.3. The third-order valence-electron chi connectivity index (χ3n) is 3.89. The Labute approximate surface area is 159 Å². The second-order valence-corrected chi connectivity index (χ2v) is 7.93. The zero-order valence-electron chi connectivity index (χ0n) is 14.7. The summed E-state index contributed by atoms with van der Waals surface area (Å²) < 4.78 is 11.1. The number of rotatable bonds is 8. The number of hydrogen-bond acceptors (Lipinski definition) is 8. The van der Waals surface area contributed by atoms with Gasteiger partial charge in [0.1, 0.15) is 11.5 Å². The molecule has 1 aromatic carbocycles. The van der Waals surface area contributed by atoms with Crippen molar-refractivity contribution < 1.29 is 19.1 Å². The van der Waals surface area contributed by atoms with Crippen LogP contribution in [0.2, 0.25) is 0 Å². The summed E-state index contributed by atoms with van der Waals surface area (Å²) in [6, 6.07) is 5.34. The number of hydrogen-bond donors (Lipinski definition) is 0. The maximum absolute atomic E-state index is 12.5. The van der Waals surface area contributed by atoms with Gasteiger partial charge >= 0.3 is 0 Å². The van der Waals surface area contributed by atoms with Gasteiger partial charge in [0.05, 0.1) is 25.5 Å². The van der Waals surface area contributed by atoms with Crippen molar-refractivity contribution in [3.05, 3.63) is 23.8 Å². The first kappa shape index (κ1) is 18.7. The molecule has 0 radical (unpaired) electrons. The first-order valence-electron chi connectivity index (χ1n) is 8.04. The van der Waals surface area contributed by atoms with E-state index in [1.165, 1.54) is 37.1 Å². The fraction of sp³-hybridized carbons (Fsp3) is 0.412. The molecule has 2 aromatic rings. The van der Waals surface area contributed by atoms with Gasteiger partial charge in [-0.1, -0.05) is 23.1 Å². The lowest BCUT2D eigenvalue weighted by atomic mass is 10.1. The number of carbonyl (C=O) groups excluding carboxylic acids is 2. The van der Waals surface area contributed by atoms with E-state index < -0.39 is 0 Å². The van der Waals surface area contributed by atoms with Crippen molar-refractivity contribution in [1.82, 2.24) is 10.2 Å². The summed E-state index contributed by atoms with van der Waals surface area (Å²) in [6.45, 7) is 1.53. The van der Waals surface area contributed by atoms with Crippen LogP contribution in [0.4, 0.5) is 5.13 Å². The number of thioether (sulfide) groups is 1. The van der Waals surface area contributed by atoms with Gasteiger partial charge in [0.15, 0.2) is 10.1 Å². The summed E-state index contributed by atoms with van der Waals surface area (Å²) >= 11 is 2.64. The van der Waals surface area contributed by atoms with Crippen molar-refractivity contribution in [2.24, 2.45) is 0 Å². The molecule has 26 heavy (non-hydrogen) atoms. The first-order chi connectivity index (χ1) is 12.5. The molecule has 0 aliphatic heterocycles. The van der Waals surface area contributed by atoms with Crippen LogP contribution >= 0.6 is 23.1 Å². The van der Waals surface area contributed by atoms with Crippen LogP contribution in [0.25, 0.3) is 0 Å². The second-order valence-electron chi connectivity index (χ2n) is 5.75. The highest BCUT2D eigenvalue weighted by atomic mass is 32.2. The molecule has 9 heteroatoms. The molecule has 3 rings (SSSR count). The van der Waals surface area contributed by atoms with Gasteiger partial charge in [-0.15, -0.1) is 10.2 Å². The predicted molar refractivity (Wildman–Crippen MR) is 101 cm³/mol. The molecule has 0 bridgehead atoms. The minimum absolute atomic E-state index is 0.0285. The lowest BCUT2D eigenvalue weighted by Crippen LogP contribution is -2.30. The number of ether oxygens (including phenoxy) is 2. The van der Waals surface area contributed by atoms with E-state index in [4.69, 9.17) is 9.47 Å². The first-order valence-corrected chi connectivity index (χ1v) is 9.85. The van der Waals surface area contributed by atoms with Crippen LogP contribution in [0.15, 0.2) is 22.5 Å². The van der Waals surface area contributed by atoms with E-state index >= 15 is 0 Å². The fourth-order valence-electron chi connectivity index (χ4n) is 2.47. The highest BCUT2D eigenvalue weighted by Crippen LogP contribution is 2.36. The lowest BCUT2D eigenvalue weighted by Gasteiger charge is -2.15. The minimum atomic E-state index is -0.0723. The quantitative estimate of drug-likeness (QED) is 0.387. The number of carbonyl (C=O) groups is 2. The summed E-state index contributed by atoms with van der Waals surface area (Å²) in [5, 5.41) is 8.80. The third-order valence-corrected chi connectivity index (χ3v) is 5.94. The SMILES string of the molecule is COc1ccc(C(=O)CSc2nnc(N(C(C)=O)C3CC3)s2)c(OC)c1. The van der Waals surface area contributed by atoms with Crippen molar-refractivity contribution in [2.75, 3.05) is 24.9 Å². The van der Waals surface area contributed by atoms with Crippen LogP contribution in [0.5, 0.6) is 11.5 Å². The van der Waals surface area contributed by atoms with Crippen LogP contribution in [0, 0.1) is 0 Å². The lowest BCUT2D eigenvalue weighted by molar-refractivity contribution is -0.116. The van der Waals surface area contributed by atoms with Crippen molar-refractivity contribution in [2.45, 2.75) is 30.1 Å². The molecule has 138 valence electrons. The van der Waals surface area contributed by atoms with Gasteiger partial charge in [-0.2, -0.15) is 0 Å². The molecule has 0 N–H and O–H groups in total. The minimum Gasteiger partial charge on any atom is -0.497 e. The number of benzene rings is 1. The van der Waals surface area contributed by atoms with Gasteiger partial charge in [0.25, 0.3) is 0 Å². The number of anilines is 1. The third kappa shape index (κ3) is 4.16. The van der Waals surface area contributed by atoms with E-state index in [9.17, 15) is 9.59 Å². The van der Waals surface area contributed by atoms with Gasteiger partial charge in [-0.3, -0.25) is 14.5 Å². The number of Topliss-reactive ketones (excluding diaryl/α,β-unsaturated/α-hetero) is 1. The van der Waals surface area contributed by atoms with Crippen LogP contribution in [-0.2, 0) is 4.79 Å². The van der Waals surface area contributed by atoms with E-state index in [2.05, 4.69) is 10.2 Å². The Kier molecular flexibility index (Phi) is 5.77. The number of aromatic nitrogens is 2. The summed E-state index contributed by atoms with van der Waals surface area (Å²) in [7, 11) is 3.08. The van der Waals surface area contributed by atoms with Crippen LogP contribution in [-0.4, -0.2) is 47.9 Å². The molecule has 0 unspecified atom stereocenters. The van der Waals surface area contributed by atoms with E-state index in [0.29, 0.717) is 26.5 Å². The maximum Gasteiger partial charge on any atom is 0.225 e. The Morgan fingerprint density at radius 1 is 1.27 bits per heavy atom. The van der Waals surface area contributed by atoms with Gasteiger partial charge < -0.3 is 9.47 Å². The Bertz CT molecular complexity index is 820. The molecular formula is C17H19N3O4S2. The zero-order chi connectivity index (χ0) is 18.7. The molecule has 0 spiro atoms. The Morgan fingerprint density at radius 2 is 2.04 bits per heavy atom. The van der Waals surface area contributed by atoms with Gasteiger partial charge in [0, 0.05) is 19.0 Å². The molecule has 1 heterocycles. The maximum atomic E-state index is 12.5. The average molecular weight is 393 g/mol. The van der Waals surface area contributed by atoms with E-state index in [1.54, 1.807) is 30.2 Å². The summed E-state index contributed by atoms with van der Waals surface area (Å²) in [5.41, 5.74) is 0.494. The number of ketones is 1. The molecule has 1 aromatic heterocycles. The van der Waals surface area contributed by atoms with Crippen molar-refractivity contribution in [3.8, 4) is 11.5 Å². The molecule has 7 nitrogen and oxygen atoms in total. The van der Waals surface area contributed by atoms with Crippen LogP contribution in [0.1, 0.15) is 30.1 Å². The molecule has 1 aliphatic rings. The van der Waals surface area contributed by atoms with Crippen molar-refractivity contribution in [3.63, 3.8) is 0 Å². The van der Waals surface area contributed by atoms with Crippen molar-refractivity contribution >= 4 is 39.9 Å². The molecule has 1 amide bonds. The number of methoxy groups -OCH3 is 2. The van der Waals surface area contributed by atoms with E-state index in [0.717, 1.165) is 12.8 Å². The number of nitrogens with zero attached hydrogens (tertiary/aromatic N) is 3. The van der Waals surface area contributed by atoms with Gasteiger partial charge in [-0.25, -0.2) is 0 Å². The highest BCUT2D eigenvalue weighted by molar-refractivity contribution is 8.01.